The van der Waals surface area contributed by atoms with Crippen LogP contribution in [0.3, 0.4) is 0 Å². The summed E-state index contributed by atoms with van der Waals surface area (Å²) in [6, 6.07) is 15.1. The Morgan fingerprint density at radius 3 is 2.63 bits per heavy atom. The van der Waals surface area contributed by atoms with Crippen LogP contribution < -0.4 is 10.2 Å². The zero-order valence-electron chi connectivity index (χ0n) is 17.4. The molecule has 0 unspecified atom stereocenters. The summed E-state index contributed by atoms with van der Waals surface area (Å²) in [6.45, 7) is 4.10. The summed E-state index contributed by atoms with van der Waals surface area (Å²) >= 11 is 0. The van der Waals surface area contributed by atoms with E-state index in [2.05, 4.69) is 25.5 Å². The van der Waals surface area contributed by atoms with Gasteiger partial charge in [-0.15, -0.1) is 10.2 Å². The Morgan fingerprint density at radius 1 is 1.07 bits per heavy atom. The van der Waals surface area contributed by atoms with Crippen molar-refractivity contribution in [2.75, 3.05) is 24.3 Å². The number of aromatic nitrogens is 5. The summed E-state index contributed by atoms with van der Waals surface area (Å²) in [6.07, 6.45) is 1.68. The van der Waals surface area contributed by atoms with Crippen molar-refractivity contribution in [1.82, 2.24) is 24.7 Å². The third-order valence-electron chi connectivity index (χ3n) is 4.75. The Labute approximate surface area is 174 Å². The summed E-state index contributed by atoms with van der Waals surface area (Å²) in [7, 11) is 3.87. The van der Waals surface area contributed by atoms with Gasteiger partial charge in [-0.05, 0) is 50.2 Å². The van der Waals surface area contributed by atoms with E-state index in [0.29, 0.717) is 22.9 Å². The Kier molecular flexibility index (Phi) is 5.14. The average molecular weight is 401 g/mol. The lowest BCUT2D eigenvalue weighted by Crippen LogP contribution is -2.14. The number of rotatable bonds is 5. The van der Waals surface area contributed by atoms with Crippen molar-refractivity contribution in [2.24, 2.45) is 0 Å². The van der Waals surface area contributed by atoms with Gasteiger partial charge in [0.15, 0.2) is 5.82 Å². The first-order valence-electron chi connectivity index (χ1n) is 9.69. The van der Waals surface area contributed by atoms with Gasteiger partial charge in [0, 0.05) is 31.1 Å². The lowest BCUT2D eigenvalue weighted by molar-refractivity contribution is 0.102. The maximum atomic E-state index is 12.8. The summed E-state index contributed by atoms with van der Waals surface area (Å²) < 4.78 is 1.94. The van der Waals surface area contributed by atoms with Crippen LogP contribution in [0, 0.1) is 0 Å². The molecule has 3 heterocycles. The normalized spacial score (nSPS) is 11.1. The number of amides is 1. The molecule has 0 aliphatic carbocycles. The van der Waals surface area contributed by atoms with Crippen molar-refractivity contribution in [1.29, 1.82) is 0 Å². The molecule has 3 aromatic heterocycles. The molecule has 8 heteroatoms. The molecule has 0 aliphatic heterocycles. The topological polar surface area (TPSA) is 88.8 Å². The SMILES string of the molecule is CC(C)n1cnnc1-c1cccc(NC(=O)c2ccc3ccc(N(C)C)nc3c2)n1. The van der Waals surface area contributed by atoms with E-state index in [-0.39, 0.29) is 11.9 Å². The second-order valence-corrected chi connectivity index (χ2v) is 7.49. The smallest absolute Gasteiger partial charge is 0.256 e. The van der Waals surface area contributed by atoms with Gasteiger partial charge in [0.2, 0.25) is 0 Å². The van der Waals surface area contributed by atoms with E-state index in [0.717, 1.165) is 16.7 Å². The van der Waals surface area contributed by atoms with E-state index in [4.69, 9.17) is 0 Å². The minimum Gasteiger partial charge on any atom is -0.363 e. The van der Waals surface area contributed by atoms with Crippen molar-refractivity contribution >= 4 is 28.4 Å². The molecule has 0 radical (unpaired) electrons. The van der Waals surface area contributed by atoms with Crippen molar-refractivity contribution in [2.45, 2.75) is 19.9 Å². The van der Waals surface area contributed by atoms with E-state index < -0.39 is 0 Å². The molecule has 8 nitrogen and oxygen atoms in total. The number of hydrogen-bond acceptors (Lipinski definition) is 6. The number of nitrogens with one attached hydrogen (secondary N) is 1. The summed E-state index contributed by atoms with van der Waals surface area (Å²) in [5.41, 5.74) is 1.93. The molecule has 0 saturated heterocycles. The Hall–Kier alpha value is -3.81. The monoisotopic (exact) mass is 401 g/mol. The van der Waals surface area contributed by atoms with Gasteiger partial charge in [-0.25, -0.2) is 9.97 Å². The van der Waals surface area contributed by atoms with Crippen LogP contribution in [0.2, 0.25) is 0 Å². The second-order valence-electron chi connectivity index (χ2n) is 7.49. The van der Waals surface area contributed by atoms with E-state index >= 15 is 0 Å². The highest BCUT2D eigenvalue weighted by atomic mass is 16.1. The Morgan fingerprint density at radius 2 is 1.87 bits per heavy atom. The molecular formula is C22H23N7O. The molecular weight excluding hydrogens is 378 g/mol. The maximum absolute atomic E-state index is 12.8. The molecule has 4 aromatic rings. The van der Waals surface area contributed by atoms with Crippen molar-refractivity contribution < 1.29 is 4.79 Å². The van der Waals surface area contributed by atoms with Crippen LogP contribution in [0.5, 0.6) is 0 Å². The molecule has 0 atom stereocenters. The second kappa shape index (κ2) is 7.90. The molecule has 0 spiro atoms. The molecule has 1 amide bonds. The van der Waals surface area contributed by atoms with Crippen LogP contribution >= 0.6 is 0 Å². The molecule has 1 N–H and O–H groups in total. The quantitative estimate of drug-likeness (QED) is 0.547. The average Bonchev–Trinajstić information content (AvgIpc) is 3.23. The van der Waals surface area contributed by atoms with Crippen molar-refractivity contribution in [3.05, 3.63) is 60.4 Å². The predicted octanol–water partition coefficient (Wildman–Crippen LogP) is 3.79. The number of carbonyl (C=O) groups excluding carboxylic acids is 1. The molecule has 0 aliphatic rings. The van der Waals surface area contributed by atoms with Gasteiger partial charge >= 0.3 is 0 Å². The zero-order chi connectivity index (χ0) is 21.3. The summed E-state index contributed by atoms with van der Waals surface area (Å²) in [5.74, 6) is 1.70. The highest BCUT2D eigenvalue weighted by molar-refractivity contribution is 6.05. The summed E-state index contributed by atoms with van der Waals surface area (Å²) in [4.78, 5) is 23.9. The van der Waals surface area contributed by atoms with Gasteiger partial charge in [0.25, 0.3) is 5.91 Å². The molecule has 0 saturated carbocycles. The Balaban J connectivity index is 1.60. The van der Waals surface area contributed by atoms with Gasteiger partial charge in [-0.2, -0.15) is 0 Å². The number of fused-ring (bicyclic) bond motifs is 1. The Bertz CT molecular complexity index is 1210. The van der Waals surface area contributed by atoms with Crippen LogP contribution in [0.15, 0.2) is 54.9 Å². The lowest BCUT2D eigenvalue weighted by Gasteiger charge is -2.12. The van der Waals surface area contributed by atoms with Gasteiger partial charge in [-0.3, -0.25) is 4.79 Å². The highest BCUT2D eigenvalue weighted by Gasteiger charge is 2.13. The van der Waals surface area contributed by atoms with Crippen LogP contribution in [0.25, 0.3) is 22.4 Å². The zero-order valence-corrected chi connectivity index (χ0v) is 17.4. The highest BCUT2D eigenvalue weighted by Crippen LogP contribution is 2.21. The van der Waals surface area contributed by atoms with Gasteiger partial charge in [0.1, 0.15) is 23.7 Å². The van der Waals surface area contributed by atoms with Gasteiger partial charge in [-0.1, -0.05) is 12.1 Å². The first kappa shape index (κ1) is 19.5. The number of benzene rings is 1. The lowest BCUT2D eigenvalue weighted by atomic mass is 10.1. The fourth-order valence-corrected chi connectivity index (χ4v) is 3.12. The first-order chi connectivity index (χ1) is 14.4. The molecule has 30 heavy (non-hydrogen) atoms. The molecule has 1 aromatic carbocycles. The maximum Gasteiger partial charge on any atom is 0.256 e. The number of carbonyl (C=O) groups is 1. The fourth-order valence-electron chi connectivity index (χ4n) is 3.12. The standard InChI is InChI=1S/C22H23N7O/c1-14(2)29-13-23-27-21(29)17-6-5-7-19(24-17)26-22(30)16-9-8-15-10-11-20(28(3)4)25-18(15)12-16/h5-14H,1-4H3,(H,24,26,30). The molecule has 0 bridgehead atoms. The molecule has 0 fully saturated rings. The van der Waals surface area contributed by atoms with Crippen LogP contribution in [0.1, 0.15) is 30.2 Å². The van der Waals surface area contributed by atoms with Gasteiger partial charge in [0.05, 0.1) is 5.52 Å². The predicted molar refractivity (Wildman–Crippen MR) is 118 cm³/mol. The largest absolute Gasteiger partial charge is 0.363 e. The van der Waals surface area contributed by atoms with Crippen LogP contribution in [-0.2, 0) is 0 Å². The number of pyridine rings is 2. The minimum absolute atomic E-state index is 0.201. The van der Waals surface area contributed by atoms with E-state index in [1.807, 2.05) is 67.7 Å². The first-order valence-corrected chi connectivity index (χ1v) is 9.69. The van der Waals surface area contributed by atoms with Crippen molar-refractivity contribution in [3.8, 4) is 11.5 Å². The van der Waals surface area contributed by atoms with E-state index in [9.17, 15) is 4.79 Å². The van der Waals surface area contributed by atoms with E-state index in [1.54, 1.807) is 24.5 Å². The molecule has 4 rings (SSSR count). The number of nitrogens with zero attached hydrogens (tertiary/aromatic N) is 6. The van der Waals surface area contributed by atoms with Crippen LogP contribution in [-0.4, -0.2) is 44.7 Å². The summed E-state index contributed by atoms with van der Waals surface area (Å²) in [5, 5.41) is 12.0. The fraction of sp³-hybridized carbons (Fsp3) is 0.227. The third-order valence-corrected chi connectivity index (χ3v) is 4.75. The minimum atomic E-state index is -0.246. The van der Waals surface area contributed by atoms with E-state index in [1.165, 1.54) is 0 Å². The third kappa shape index (κ3) is 3.84. The number of hydrogen-bond donors (Lipinski definition) is 1. The molecule has 152 valence electrons. The van der Waals surface area contributed by atoms with Crippen LogP contribution in [0.4, 0.5) is 11.6 Å². The van der Waals surface area contributed by atoms with Gasteiger partial charge < -0.3 is 14.8 Å². The number of anilines is 2. The van der Waals surface area contributed by atoms with Crippen molar-refractivity contribution in [3.63, 3.8) is 0 Å².